The molecule has 8 aromatic rings. The highest BCUT2D eigenvalue weighted by molar-refractivity contribution is 6.73. The third kappa shape index (κ3) is 4.42. The van der Waals surface area contributed by atoms with Crippen LogP contribution in [0.1, 0.15) is 0 Å². The molecule has 0 aliphatic rings. The molecule has 7 aromatic carbocycles. The molecule has 0 aliphatic carbocycles. The summed E-state index contributed by atoms with van der Waals surface area (Å²) in [5, 5.41) is 4.41. The zero-order valence-electron chi connectivity index (χ0n) is 27.1. The van der Waals surface area contributed by atoms with Gasteiger partial charge in [0.2, 0.25) is 0 Å². The van der Waals surface area contributed by atoms with Crippen molar-refractivity contribution in [1.82, 2.24) is 0 Å². The normalized spacial score (nSPS) is 11.8. The molecule has 1 heterocycles. The molecule has 1 aromatic heterocycles. The van der Waals surface area contributed by atoms with Crippen molar-refractivity contribution < 1.29 is 4.42 Å². The van der Waals surface area contributed by atoms with Crippen LogP contribution >= 0.6 is 0 Å². The molecule has 8 rings (SSSR count). The predicted molar refractivity (Wildman–Crippen MR) is 233 cm³/mol. The van der Waals surface area contributed by atoms with Crippen LogP contribution in [0, 0.1) is 0 Å². The molecule has 0 atom stereocenters. The van der Waals surface area contributed by atoms with Gasteiger partial charge in [-0.25, -0.2) is 0 Å². The van der Waals surface area contributed by atoms with Gasteiger partial charge >= 0.3 is 0 Å². The summed E-state index contributed by atoms with van der Waals surface area (Å²) in [6.45, 7) is 0. The fourth-order valence-electron chi connectivity index (χ4n) is 7.51. The summed E-state index contributed by atoms with van der Waals surface area (Å²) >= 11 is 0. The number of hydrogen-bond acceptors (Lipinski definition) is 1. The molecule has 0 spiro atoms. The number of hydrogen-bond donors (Lipinski definition) is 0. The summed E-state index contributed by atoms with van der Waals surface area (Å²) in [5.41, 5.74) is 4.45. The van der Waals surface area contributed by atoms with Gasteiger partial charge in [0.05, 0.1) is 0 Å². The molecule has 0 amide bonds. The van der Waals surface area contributed by atoms with Crippen LogP contribution in [0.5, 0.6) is 0 Å². The van der Waals surface area contributed by atoms with E-state index in [4.69, 9.17) is 114 Å². The van der Waals surface area contributed by atoms with E-state index in [-0.39, 0.29) is 87.6 Å². The maximum absolute atomic E-state index is 7.10. The number of rotatable bonds is 2. The average molecular weight is 608 g/mol. The standard InChI is InChI=1S/C36H8B14O/c37-21-17(26(42)33(49)35-19(21)20-27(43)31(47)32(48)34(50)36(20)51-35)14-11-7-3-1-5-9(11)13(10-6-2-4-8-12(10)14)15-16-18(24(40)28(44)22(15)38)25(41)30(46)29(45)23(16)39/h1-8H. The lowest BCUT2D eigenvalue weighted by molar-refractivity contribution is 0.675. The fourth-order valence-corrected chi connectivity index (χ4v) is 7.51. The van der Waals surface area contributed by atoms with Gasteiger partial charge in [-0.15, -0.1) is 27.3 Å². The fraction of sp³-hybridized carbons (Fsp3) is 0. The summed E-state index contributed by atoms with van der Waals surface area (Å²) in [4.78, 5) is 0. The minimum absolute atomic E-state index is 0.0823. The Morgan fingerprint density at radius 2 is 0.569 bits per heavy atom. The third-order valence-electron chi connectivity index (χ3n) is 10.1. The van der Waals surface area contributed by atoms with Crippen LogP contribution < -0.4 is 76.5 Å². The molecule has 0 unspecified atom stereocenters. The smallest absolute Gasteiger partial charge is 0.127 e. The van der Waals surface area contributed by atoms with Gasteiger partial charge < -0.3 is 4.42 Å². The monoisotopic (exact) mass is 610 g/mol. The topological polar surface area (TPSA) is 13.1 Å². The van der Waals surface area contributed by atoms with Gasteiger partial charge in [0.1, 0.15) is 121 Å². The first kappa shape index (κ1) is 34.1. The van der Waals surface area contributed by atoms with Crippen molar-refractivity contribution in [3.05, 3.63) is 48.5 Å². The Kier molecular flexibility index (Phi) is 7.88. The maximum atomic E-state index is 7.10. The van der Waals surface area contributed by atoms with Crippen LogP contribution in [0.2, 0.25) is 0 Å². The van der Waals surface area contributed by atoms with Crippen LogP contribution in [0.25, 0.3) is 76.5 Å². The summed E-state index contributed by atoms with van der Waals surface area (Å²) in [5.74, 6) is 0. The summed E-state index contributed by atoms with van der Waals surface area (Å²) in [7, 11) is 91.9. The quantitative estimate of drug-likeness (QED) is 0.141. The second kappa shape index (κ2) is 11.8. The van der Waals surface area contributed by atoms with Crippen molar-refractivity contribution >= 4 is 241 Å². The van der Waals surface area contributed by atoms with Crippen molar-refractivity contribution in [2.45, 2.75) is 0 Å². The minimum Gasteiger partial charge on any atom is -0.457 e. The number of fused-ring (bicyclic) bond motifs is 6. The van der Waals surface area contributed by atoms with Crippen LogP contribution in [0.4, 0.5) is 0 Å². The van der Waals surface area contributed by atoms with E-state index in [1.54, 1.807) is 0 Å². The summed E-state index contributed by atoms with van der Waals surface area (Å²) in [6.07, 6.45) is 0. The lowest BCUT2D eigenvalue weighted by Gasteiger charge is -2.28. The van der Waals surface area contributed by atoms with Gasteiger partial charge in [-0.2, -0.15) is 0 Å². The Morgan fingerprint density at radius 1 is 0.255 bits per heavy atom. The predicted octanol–water partition coefficient (Wildman–Crippen LogP) is -6.51. The van der Waals surface area contributed by atoms with E-state index in [2.05, 4.69) is 0 Å². The summed E-state index contributed by atoms with van der Waals surface area (Å²) in [6, 6.07) is 15.3. The van der Waals surface area contributed by atoms with Gasteiger partial charge in [0, 0.05) is 10.8 Å². The van der Waals surface area contributed by atoms with Gasteiger partial charge in [0.25, 0.3) is 0 Å². The first-order valence-electron chi connectivity index (χ1n) is 15.6. The molecular weight excluding hydrogens is 600 g/mol. The van der Waals surface area contributed by atoms with Gasteiger partial charge in [-0.3, -0.25) is 0 Å². The van der Waals surface area contributed by atoms with E-state index in [0.29, 0.717) is 43.8 Å². The molecule has 15 heteroatoms. The largest absolute Gasteiger partial charge is 0.457 e. The molecule has 0 fully saturated rings. The Bertz CT molecular complexity index is 2850. The Hall–Kier alpha value is -3.97. The van der Waals surface area contributed by atoms with E-state index in [0.717, 1.165) is 21.5 Å². The highest BCUT2D eigenvalue weighted by Crippen LogP contribution is 2.43. The van der Waals surface area contributed by atoms with Crippen LogP contribution in [0.3, 0.4) is 0 Å². The molecule has 0 aliphatic heterocycles. The zero-order valence-corrected chi connectivity index (χ0v) is 27.1. The molecule has 0 saturated heterocycles. The maximum Gasteiger partial charge on any atom is 0.127 e. The zero-order chi connectivity index (χ0) is 36.5. The molecule has 200 valence electrons. The number of benzene rings is 7. The first-order valence-corrected chi connectivity index (χ1v) is 15.6. The molecule has 28 radical (unpaired) electrons. The van der Waals surface area contributed by atoms with E-state index < -0.39 is 0 Å². The van der Waals surface area contributed by atoms with E-state index in [1.807, 2.05) is 48.5 Å². The molecule has 0 bridgehead atoms. The van der Waals surface area contributed by atoms with Crippen molar-refractivity contribution in [2.75, 3.05) is 0 Å². The Labute approximate surface area is 314 Å². The molecule has 51 heavy (non-hydrogen) atoms. The SMILES string of the molecule is [B]c1c([B])c([B])c2c(oc3c([B])c([B])c(-c4c5ccccc5c(-c5c([B])c([B])c([B])c6c([B])c([B])c([B])c([B])c56)c5ccccc45)c([B])c32)c1[B]. The Balaban J connectivity index is 1.62. The van der Waals surface area contributed by atoms with E-state index >= 15 is 0 Å². The lowest BCUT2D eigenvalue weighted by Crippen LogP contribution is -2.52. The lowest BCUT2D eigenvalue weighted by atomic mass is 9.58. The first-order chi connectivity index (χ1) is 24.2. The van der Waals surface area contributed by atoms with Crippen molar-refractivity contribution in [3.8, 4) is 22.3 Å². The summed E-state index contributed by atoms with van der Waals surface area (Å²) < 4.78 is 6.15. The average Bonchev–Trinajstić information content (AvgIpc) is 3.54. The number of furan rings is 1. The van der Waals surface area contributed by atoms with Gasteiger partial charge in [0.15, 0.2) is 0 Å². The van der Waals surface area contributed by atoms with Crippen LogP contribution in [-0.2, 0) is 0 Å². The van der Waals surface area contributed by atoms with Gasteiger partial charge in [-0.1, -0.05) is 97.7 Å². The van der Waals surface area contributed by atoms with E-state index in [1.165, 1.54) is 0 Å². The van der Waals surface area contributed by atoms with Crippen molar-refractivity contribution in [3.63, 3.8) is 0 Å². The van der Waals surface area contributed by atoms with E-state index in [9.17, 15) is 0 Å². The Morgan fingerprint density at radius 3 is 1.04 bits per heavy atom. The van der Waals surface area contributed by atoms with Crippen LogP contribution in [-0.4, -0.2) is 110 Å². The highest BCUT2D eigenvalue weighted by Gasteiger charge is 2.26. The van der Waals surface area contributed by atoms with Crippen molar-refractivity contribution in [1.29, 1.82) is 0 Å². The third-order valence-corrected chi connectivity index (χ3v) is 10.1. The molecule has 0 saturated carbocycles. The molecule has 1 nitrogen and oxygen atoms in total. The highest BCUT2D eigenvalue weighted by atomic mass is 16.3. The second-order valence-electron chi connectivity index (χ2n) is 12.6. The van der Waals surface area contributed by atoms with Crippen molar-refractivity contribution in [2.24, 2.45) is 0 Å². The minimum atomic E-state index is 0.0823. The van der Waals surface area contributed by atoms with Gasteiger partial charge in [-0.05, 0) is 54.6 Å². The second-order valence-corrected chi connectivity index (χ2v) is 12.6. The molecule has 0 N–H and O–H groups in total. The van der Waals surface area contributed by atoms with Crippen LogP contribution in [0.15, 0.2) is 52.9 Å². The molecular formula is C36H8B14O.